The molecule has 2 atom stereocenters. The second-order valence-electron chi connectivity index (χ2n) is 4.36. The lowest BCUT2D eigenvalue weighted by Gasteiger charge is -2.31. The summed E-state index contributed by atoms with van der Waals surface area (Å²) in [6.07, 6.45) is 5.13. The maximum absolute atomic E-state index is 11.1. The van der Waals surface area contributed by atoms with Gasteiger partial charge in [0, 0.05) is 12.1 Å². The molecule has 1 rings (SSSR count). The SMILES string of the molecule is CC(=O)CN1C(C)CCCCC1C. The van der Waals surface area contributed by atoms with Crippen LogP contribution in [0.15, 0.2) is 0 Å². The van der Waals surface area contributed by atoms with Gasteiger partial charge in [0.05, 0.1) is 6.54 Å². The van der Waals surface area contributed by atoms with Gasteiger partial charge in [-0.3, -0.25) is 9.69 Å². The van der Waals surface area contributed by atoms with Crippen LogP contribution < -0.4 is 0 Å². The highest BCUT2D eigenvalue weighted by Gasteiger charge is 2.23. The highest BCUT2D eigenvalue weighted by atomic mass is 16.1. The van der Waals surface area contributed by atoms with Crippen LogP contribution in [-0.4, -0.2) is 29.3 Å². The molecular formula is C11H21NO. The summed E-state index contributed by atoms with van der Waals surface area (Å²) in [4.78, 5) is 13.4. The van der Waals surface area contributed by atoms with E-state index in [1.807, 2.05) is 0 Å². The lowest BCUT2D eigenvalue weighted by molar-refractivity contribution is -0.119. The Morgan fingerprint density at radius 1 is 1.23 bits per heavy atom. The third kappa shape index (κ3) is 3.11. The van der Waals surface area contributed by atoms with Gasteiger partial charge in [0.1, 0.15) is 5.78 Å². The van der Waals surface area contributed by atoms with E-state index in [4.69, 9.17) is 0 Å². The molecule has 0 saturated carbocycles. The molecule has 0 spiro atoms. The average Bonchev–Trinajstić information content (AvgIpc) is 2.18. The number of likely N-dealkylation sites (tertiary alicyclic amines) is 1. The molecule has 0 aromatic carbocycles. The van der Waals surface area contributed by atoms with Crippen molar-refractivity contribution < 1.29 is 4.79 Å². The molecule has 1 heterocycles. The van der Waals surface area contributed by atoms with Crippen LogP contribution in [-0.2, 0) is 4.79 Å². The molecule has 1 saturated heterocycles. The van der Waals surface area contributed by atoms with E-state index in [9.17, 15) is 4.79 Å². The molecule has 2 nitrogen and oxygen atoms in total. The lowest BCUT2D eigenvalue weighted by Crippen LogP contribution is -2.41. The molecule has 1 aliphatic rings. The Hall–Kier alpha value is -0.370. The molecule has 0 amide bonds. The summed E-state index contributed by atoms with van der Waals surface area (Å²) in [6, 6.07) is 1.17. The molecule has 0 aromatic heterocycles. The number of carbonyl (C=O) groups is 1. The number of ketones is 1. The molecular weight excluding hydrogens is 162 g/mol. The quantitative estimate of drug-likeness (QED) is 0.654. The summed E-state index contributed by atoms with van der Waals surface area (Å²) in [6.45, 7) is 6.81. The van der Waals surface area contributed by atoms with Crippen molar-refractivity contribution in [3.63, 3.8) is 0 Å². The average molecular weight is 183 g/mol. The van der Waals surface area contributed by atoms with E-state index >= 15 is 0 Å². The summed E-state index contributed by atoms with van der Waals surface area (Å²) in [5, 5.41) is 0. The Morgan fingerprint density at radius 3 is 2.08 bits per heavy atom. The zero-order valence-electron chi connectivity index (χ0n) is 9.05. The third-order valence-electron chi connectivity index (χ3n) is 3.03. The van der Waals surface area contributed by atoms with Gasteiger partial charge in [0.25, 0.3) is 0 Å². The molecule has 76 valence electrons. The molecule has 2 heteroatoms. The second-order valence-corrected chi connectivity index (χ2v) is 4.36. The first-order valence-corrected chi connectivity index (χ1v) is 5.36. The van der Waals surface area contributed by atoms with Crippen molar-refractivity contribution in [1.29, 1.82) is 0 Å². The zero-order chi connectivity index (χ0) is 9.84. The number of hydrogen-bond donors (Lipinski definition) is 0. The van der Waals surface area contributed by atoms with E-state index in [1.54, 1.807) is 6.92 Å². The zero-order valence-corrected chi connectivity index (χ0v) is 9.05. The van der Waals surface area contributed by atoms with E-state index in [-0.39, 0.29) is 0 Å². The highest BCUT2D eigenvalue weighted by Crippen LogP contribution is 2.21. The van der Waals surface area contributed by atoms with Crippen molar-refractivity contribution in [3.8, 4) is 0 Å². The molecule has 0 aliphatic carbocycles. The van der Waals surface area contributed by atoms with Gasteiger partial charge in [-0.25, -0.2) is 0 Å². The first kappa shape index (κ1) is 10.7. The summed E-state index contributed by atoms with van der Waals surface area (Å²) < 4.78 is 0. The van der Waals surface area contributed by atoms with Crippen molar-refractivity contribution in [2.75, 3.05) is 6.54 Å². The molecule has 0 aromatic rings. The minimum atomic E-state index is 0.292. The van der Waals surface area contributed by atoms with Gasteiger partial charge in [-0.15, -0.1) is 0 Å². The van der Waals surface area contributed by atoms with Crippen molar-refractivity contribution in [1.82, 2.24) is 4.90 Å². The van der Waals surface area contributed by atoms with E-state index in [0.717, 1.165) is 0 Å². The first-order chi connectivity index (χ1) is 6.11. The second kappa shape index (κ2) is 4.75. The van der Waals surface area contributed by atoms with Crippen LogP contribution in [0.25, 0.3) is 0 Å². The van der Waals surface area contributed by atoms with Crippen LogP contribution in [0.5, 0.6) is 0 Å². The van der Waals surface area contributed by atoms with Gasteiger partial charge in [0.15, 0.2) is 0 Å². The summed E-state index contributed by atoms with van der Waals surface area (Å²) >= 11 is 0. The maximum Gasteiger partial charge on any atom is 0.143 e. The Morgan fingerprint density at radius 2 is 1.69 bits per heavy atom. The van der Waals surface area contributed by atoms with Crippen LogP contribution in [0, 0.1) is 0 Å². The minimum Gasteiger partial charge on any atom is -0.299 e. The molecule has 0 radical (unpaired) electrons. The van der Waals surface area contributed by atoms with E-state index in [1.165, 1.54) is 25.7 Å². The highest BCUT2D eigenvalue weighted by molar-refractivity contribution is 5.77. The summed E-state index contributed by atoms with van der Waals surface area (Å²) in [5.41, 5.74) is 0. The number of nitrogens with zero attached hydrogens (tertiary/aromatic N) is 1. The fraction of sp³-hybridized carbons (Fsp3) is 0.909. The molecule has 1 fully saturated rings. The van der Waals surface area contributed by atoms with Crippen molar-refractivity contribution in [2.24, 2.45) is 0 Å². The van der Waals surface area contributed by atoms with E-state index in [0.29, 0.717) is 24.4 Å². The summed E-state index contributed by atoms with van der Waals surface area (Å²) in [7, 11) is 0. The fourth-order valence-electron chi connectivity index (χ4n) is 2.21. The van der Waals surface area contributed by atoms with Gasteiger partial charge in [-0.1, -0.05) is 12.8 Å². The van der Waals surface area contributed by atoms with Crippen LogP contribution in [0.3, 0.4) is 0 Å². The number of Topliss-reactive ketones (excluding diaryl/α,β-unsaturated/α-hetero) is 1. The number of carbonyl (C=O) groups excluding carboxylic acids is 1. The third-order valence-corrected chi connectivity index (χ3v) is 3.03. The topological polar surface area (TPSA) is 20.3 Å². The Kier molecular flexibility index (Phi) is 3.91. The number of rotatable bonds is 2. The fourth-order valence-corrected chi connectivity index (χ4v) is 2.21. The van der Waals surface area contributed by atoms with Crippen LogP contribution in [0.4, 0.5) is 0 Å². The molecule has 2 unspecified atom stereocenters. The van der Waals surface area contributed by atoms with E-state index in [2.05, 4.69) is 18.7 Å². The Labute approximate surface area is 81.3 Å². The number of hydrogen-bond acceptors (Lipinski definition) is 2. The van der Waals surface area contributed by atoms with Crippen LogP contribution in [0.1, 0.15) is 46.5 Å². The summed E-state index contributed by atoms with van der Waals surface area (Å²) in [5.74, 6) is 0.292. The Bertz CT molecular complexity index is 167. The van der Waals surface area contributed by atoms with E-state index < -0.39 is 0 Å². The monoisotopic (exact) mass is 183 g/mol. The Balaban J connectivity index is 2.57. The largest absolute Gasteiger partial charge is 0.299 e. The molecule has 1 aliphatic heterocycles. The molecule has 0 bridgehead atoms. The minimum absolute atomic E-state index is 0.292. The maximum atomic E-state index is 11.1. The predicted molar refractivity (Wildman–Crippen MR) is 54.8 cm³/mol. The smallest absolute Gasteiger partial charge is 0.143 e. The van der Waals surface area contributed by atoms with Gasteiger partial charge in [0.2, 0.25) is 0 Å². The van der Waals surface area contributed by atoms with Gasteiger partial charge >= 0.3 is 0 Å². The standard InChI is InChI=1S/C11H21NO/c1-9-6-4-5-7-10(2)12(9)8-11(3)13/h9-10H,4-8H2,1-3H3. The first-order valence-electron chi connectivity index (χ1n) is 5.36. The van der Waals surface area contributed by atoms with Crippen molar-refractivity contribution >= 4 is 5.78 Å². The molecule has 13 heavy (non-hydrogen) atoms. The van der Waals surface area contributed by atoms with Crippen LogP contribution in [0.2, 0.25) is 0 Å². The van der Waals surface area contributed by atoms with Gasteiger partial charge < -0.3 is 0 Å². The van der Waals surface area contributed by atoms with Crippen LogP contribution >= 0.6 is 0 Å². The van der Waals surface area contributed by atoms with Crippen molar-refractivity contribution in [2.45, 2.75) is 58.5 Å². The molecule has 0 N–H and O–H groups in total. The van der Waals surface area contributed by atoms with Gasteiger partial charge in [-0.2, -0.15) is 0 Å². The van der Waals surface area contributed by atoms with Gasteiger partial charge in [-0.05, 0) is 33.6 Å². The normalized spacial score (nSPS) is 31.3. The lowest BCUT2D eigenvalue weighted by atomic mass is 10.1. The predicted octanol–water partition coefficient (Wildman–Crippen LogP) is 2.23. The van der Waals surface area contributed by atoms with Crippen molar-refractivity contribution in [3.05, 3.63) is 0 Å².